The van der Waals surface area contributed by atoms with Crippen LogP contribution in [0.5, 0.6) is 0 Å². The first kappa shape index (κ1) is 17.8. The highest BCUT2D eigenvalue weighted by molar-refractivity contribution is 5.90. The molecule has 0 unspecified atom stereocenters. The van der Waals surface area contributed by atoms with Crippen LogP contribution in [0.15, 0.2) is 36.0 Å². The third-order valence-electron chi connectivity index (χ3n) is 2.80. The Hall–Kier alpha value is -2.30. The number of rotatable bonds is 8. The molecule has 0 aromatic heterocycles. The number of anilines is 1. The SMILES string of the molecule is CCC/C(=C\C(=O)OCC)Nc1ccc(C(=O)OCC)cc1. The minimum Gasteiger partial charge on any atom is -0.463 e. The molecule has 0 heterocycles. The average molecular weight is 305 g/mol. The van der Waals surface area contributed by atoms with Gasteiger partial charge in [0.1, 0.15) is 0 Å². The van der Waals surface area contributed by atoms with Crippen molar-refractivity contribution in [1.29, 1.82) is 0 Å². The molecular formula is C17H23NO4. The molecule has 1 rings (SSSR count). The van der Waals surface area contributed by atoms with Gasteiger partial charge in [0, 0.05) is 17.5 Å². The summed E-state index contributed by atoms with van der Waals surface area (Å²) in [6.45, 7) is 6.27. The summed E-state index contributed by atoms with van der Waals surface area (Å²) in [5.74, 6) is -0.702. The Morgan fingerprint density at radius 3 is 2.23 bits per heavy atom. The van der Waals surface area contributed by atoms with E-state index in [0.29, 0.717) is 18.8 Å². The highest BCUT2D eigenvalue weighted by Gasteiger charge is 2.07. The van der Waals surface area contributed by atoms with Crippen LogP contribution in [0.25, 0.3) is 0 Å². The van der Waals surface area contributed by atoms with Crippen LogP contribution in [0, 0.1) is 0 Å². The van der Waals surface area contributed by atoms with Crippen LogP contribution in [0.4, 0.5) is 5.69 Å². The fourth-order valence-electron chi connectivity index (χ4n) is 1.86. The van der Waals surface area contributed by atoms with Crippen LogP contribution in [-0.2, 0) is 14.3 Å². The zero-order valence-electron chi connectivity index (χ0n) is 13.3. The molecule has 0 saturated heterocycles. The Morgan fingerprint density at radius 1 is 1.05 bits per heavy atom. The van der Waals surface area contributed by atoms with Gasteiger partial charge < -0.3 is 14.8 Å². The molecule has 5 nitrogen and oxygen atoms in total. The minimum atomic E-state index is -0.360. The van der Waals surface area contributed by atoms with Crippen molar-refractivity contribution in [3.63, 3.8) is 0 Å². The number of nitrogens with one attached hydrogen (secondary N) is 1. The van der Waals surface area contributed by atoms with E-state index in [-0.39, 0.29) is 11.9 Å². The largest absolute Gasteiger partial charge is 0.463 e. The van der Waals surface area contributed by atoms with Crippen LogP contribution >= 0.6 is 0 Å². The highest BCUT2D eigenvalue weighted by Crippen LogP contribution is 2.15. The normalized spacial score (nSPS) is 11.0. The molecule has 1 N–H and O–H groups in total. The summed E-state index contributed by atoms with van der Waals surface area (Å²) in [6, 6.07) is 6.93. The van der Waals surface area contributed by atoms with Gasteiger partial charge in [0.15, 0.2) is 0 Å². The Morgan fingerprint density at radius 2 is 1.68 bits per heavy atom. The first-order valence-corrected chi connectivity index (χ1v) is 7.52. The number of ether oxygens (including phenoxy) is 2. The smallest absolute Gasteiger partial charge is 0.338 e. The molecule has 1 aromatic rings. The van der Waals surface area contributed by atoms with E-state index in [4.69, 9.17) is 9.47 Å². The number of allylic oxidation sites excluding steroid dienone is 1. The topological polar surface area (TPSA) is 64.6 Å². The van der Waals surface area contributed by atoms with Crippen molar-refractivity contribution in [3.8, 4) is 0 Å². The number of carbonyl (C=O) groups excluding carboxylic acids is 2. The second kappa shape index (κ2) is 9.60. The molecule has 120 valence electrons. The quantitative estimate of drug-likeness (QED) is 0.588. The third kappa shape index (κ3) is 5.99. The van der Waals surface area contributed by atoms with E-state index in [1.54, 1.807) is 38.1 Å². The Balaban J connectivity index is 2.77. The molecule has 1 aromatic carbocycles. The highest BCUT2D eigenvalue weighted by atomic mass is 16.5. The molecule has 0 aliphatic rings. The van der Waals surface area contributed by atoms with Crippen molar-refractivity contribution in [3.05, 3.63) is 41.6 Å². The second-order valence-corrected chi connectivity index (χ2v) is 4.59. The lowest BCUT2D eigenvalue weighted by atomic mass is 10.2. The first-order chi connectivity index (χ1) is 10.6. The summed E-state index contributed by atoms with van der Waals surface area (Å²) in [5.41, 5.74) is 2.08. The molecule has 0 aliphatic carbocycles. The number of carbonyl (C=O) groups is 2. The van der Waals surface area contributed by atoms with Crippen molar-refractivity contribution in [2.24, 2.45) is 0 Å². The molecule has 0 atom stereocenters. The van der Waals surface area contributed by atoms with Gasteiger partial charge in [-0.25, -0.2) is 9.59 Å². The van der Waals surface area contributed by atoms with Gasteiger partial charge in [-0.05, 0) is 44.5 Å². The van der Waals surface area contributed by atoms with Gasteiger partial charge >= 0.3 is 11.9 Å². The van der Waals surface area contributed by atoms with Crippen LogP contribution in [0.2, 0.25) is 0 Å². The maximum atomic E-state index is 11.6. The lowest BCUT2D eigenvalue weighted by Gasteiger charge is -2.11. The van der Waals surface area contributed by atoms with Gasteiger partial charge in [-0.2, -0.15) is 0 Å². The monoisotopic (exact) mass is 305 g/mol. The molecule has 0 amide bonds. The first-order valence-electron chi connectivity index (χ1n) is 7.52. The summed E-state index contributed by atoms with van der Waals surface area (Å²) >= 11 is 0. The van der Waals surface area contributed by atoms with E-state index in [2.05, 4.69) is 5.32 Å². The Labute approximate surface area is 131 Å². The van der Waals surface area contributed by atoms with Crippen molar-refractivity contribution in [1.82, 2.24) is 0 Å². The summed E-state index contributed by atoms with van der Waals surface area (Å²) in [4.78, 5) is 23.1. The molecular weight excluding hydrogens is 282 g/mol. The Kier molecular flexibility index (Phi) is 7.75. The van der Waals surface area contributed by atoms with Gasteiger partial charge in [-0.1, -0.05) is 13.3 Å². The standard InChI is InChI=1S/C17H23NO4/c1-4-7-15(12-16(19)21-5-2)18-14-10-8-13(9-11-14)17(20)22-6-3/h8-12,18H,4-7H2,1-3H3/b15-12+. The number of esters is 2. The third-order valence-corrected chi connectivity index (χ3v) is 2.80. The minimum absolute atomic E-state index is 0.343. The van der Waals surface area contributed by atoms with Crippen molar-refractivity contribution in [2.45, 2.75) is 33.6 Å². The molecule has 0 fully saturated rings. The number of benzene rings is 1. The summed E-state index contributed by atoms with van der Waals surface area (Å²) < 4.78 is 9.85. The molecule has 22 heavy (non-hydrogen) atoms. The van der Waals surface area contributed by atoms with Crippen LogP contribution in [0.3, 0.4) is 0 Å². The molecule has 0 saturated carbocycles. The number of hydrogen-bond acceptors (Lipinski definition) is 5. The van der Waals surface area contributed by atoms with E-state index >= 15 is 0 Å². The Bertz CT molecular complexity index is 520. The van der Waals surface area contributed by atoms with Crippen molar-refractivity contribution in [2.75, 3.05) is 18.5 Å². The lowest BCUT2D eigenvalue weighted by Crippen LogP contribution is -2.07. The van der Waals surface area contributed by atoms with Gasteiger partial charge in [-0.15, -0.1) is 0 Å². The lowest BCUT2D eigenvalue weighted by molar-refractivity contribution is -0.137. The van der Waals surface area contributed by atoms with E-state index in [0.717, 1.165) is 24.2 Å². The van der Waals surface area contributed by atoms with Gasteiger partial charge in [0.25, 0.3) is 0 Å². The fourth-order valence-corrected chi connectivity index (χ4v) is 1.86. The van der Waals surface area contributed by atoms with Crippen LogP contribution in [-0.4, -0.2) is 25.2 Å². The maximum absolute atomic E-state index is 11.6. The zero-order valence-corrected chi connectivity index (χ0v) is 13.3. The summed E-state index contributed by atoms with van der Waals surface area (Å²) in [7, 11) is 0. The molecule has 0 radical (unpaired) electrons. The van der Waals surface area contributed by atoms with E-state index in [9.17, 15) is 9.59 Å². The van der Waals surface area contributed by atoms with Gasteiger partial charge in [-0.3, -0.25) is 0 Å². The molecule has 0 bridgehead atoms. The van der Waals surface area contributed by atoms with E-state index in [1.807, 2.05) is 6.92 Å². The molecule has 5 heteroatoms. The van der Waals surface area contributed by atoms with Crippen LogP contribution < -0.4 is 5.32 Å². The zero-order chi connectivity index (χ0) is 16.4. The predicted molar refractivity (Wildman–Crippen MR) is 85.6 cm³/mol. The molecule has 0 spiro atoms. The number of hydrogen-bond donors (Lipinski definition) is 1. The van der Waals surface area contributed by atoms with Crippen molar-refractivity contribution < 1.29 is 19.1 Å². The van der Waals surface area contributed by atoms with Crippen LogP contribution in [0.1, 0.15) is 44.0 Å². The van der Waals surface area contributed by atoms with E-state index < -0.39 is 0 Å². The van der Waals surface area contributed by atoms with Gasteiger partial charge in [0.05, 0.1) is 18.8 Å². The average Bonchev–Trinajstić information content (AvgIpc) is 2.48. The summed E-state index contributed by atoms with van der Waals surface area (Å²) in [6.07, 6.45) is 3.10. The summed E-state index contributed by atoms with van der Waals surface area (Å²) in [5, 5.41) is 3.18. The van der Waals surface area contributed by atoms with Gasteiger partial charge in [0.2, 0.25) is 0 Å². The van der Waals surface area contributed by atoms with E-state index in [1.165, 1.54) is 6.08 Å². The predicted octanol–water partition coefficient (Wildman–Crippen LogP) is 3.52. The second-order valence-electron chi connectivity index (χ2n) is 4.59. The maximum Gasteiger partial charge on any atom is 0.338 e. The van der Waals surface area contributed by atoms with Crippen molar-refractivity contribution >= 4 is 17.6 Å². The molecule has 0 aliphatic heterocycles. The fraction of sp³-hybridized carbons (Fsp3) is 0.412.